The SMILES string of the molecule is CCCOc1cccc(C=NNC(=O)CCC(=O)Nc2ccccc2Cl)c1. The number of nitrogens with one attached hydrogen (secondary N) is 2. The molecule has 0 fully saturated rings. The van der Waals surface area contributed by atoms with Crippen LogP contribution in [0.2, 0.25) is 5.02 Å². The van der Waals surface area contributed by atoms with Crippen molar-refractivity contribution in [1.29, 1.82) is 0 Å². The molecule has 0 aliphatic heterocycles. The number of para-hydroxylation sites is 1. The van der Waals surface area contributed by atoms with Crippen molar-refractivity contribution in [1.82, 2.24) is 5.43 Å². The number of hydrazone groups is 1. The van der Waals surface area contributed by atoms with Gasteiger partial charge in [0.25, 0.3) is 0 Å². The molecule has 142 valence electrons. The summed E-state index contributed by atoms with van der Waals surface area (Å²) in [5, 5.41) is 7.02. The first kappa shape index (κ1) is 20.5. The summed E-state index contributed by atoms with van der Waals surface area (Å²) in [6.45, 7) is 2.68. The molecule has 2 N–H and O–H groups in total. The second-order valence-corrected chi connectivity index (χ2v) is 6.15. The number of hydrogen-bond donors (Lipinski definition) is 2. The van der Waals surface area contributed by atoms with Crippen molar-refractivity contribution in [2.45, 2.75) is 26.2 Å². The zero-order valence-electron chi connectivity index (χ0n) is 15.1. The van der Waals surface area contributed by atoms with E-state index in [0.29, 0.717) is 17.3 Å². The third kappa shape index (κ3) is 7.50. The fraction of sp³-hybridized carbons (Fsp3) is 0.250. The number of hydrogen-bond acceptors (Lipinski definition) is 4. The molecule has 0 saturated carbocycles. The molecule has 0 unspecified atom stereocenters. The number of halogens is 1. The van der Waals surface area contributed by atoms with Crippen molar-refractivity contribution in [2.75, 3.05) is 11.9 Å². The van der Waals surface area contributed by atoms with E-state index in [0.717, 1.165) is 17.7 Å². The Kier molecular flexibility index (Phi) is 8.32. The van der Waals surface area contributed by atoms with Gasteiger partial charge in [0.05, 0.1) is 23.5 Å². The lowest BCUT2D eigenvalue weighted by Gasteiger charge is -2.06. The summed E-state index contributed by atoms with van der Waals surface area (Å²) >= 11 is 5.97. The molecular weight excluding hydrogens is 366 g/mol. The normalized spacial score (nSPS) is 10.6. The Morgan fingerprint density at radius 3 is 2.67 bits per heavy atom. The van der Waals surface area contributed by atoms with Crippen LogP contribution in [0.5, 0.6) is 5.75 Å². The number of carbonyl (C=O) groups is 2. The van der Waals surface area contributed by atoms with E-state index in [1.165, 1.54) is 6.21 Å². The Balaban J connectivity index is 1.75. The minimum Gasteiger partial charge on any atom is -0.494 e. The van der Waals surface area contributed by atoms with Crippen LogP contribution in [0.25, 0.3) is 0 Å². The number of anilines is 1. The molecule has 27 heavy (non-hydrogen) atoms. The van der Waals surface area contributed by atoms with Gasteiger partial charge < -0.3 is 10.1 Å². The molecule has 2 rings (SSSR count). The monoisotopic (exact) mass is 387 g/mol. The predicted molar refractivity (Wildman–Crippen MR) is 107 cm³/mol. The molecular formula is C20H22ClN3O3. The second-order valence-electron chi connectivity index (χ2n) is 5.74. The molecule has 2 aromatic rings. The predicted octanol–water partition coefficient (Wildman–Crippen LogP) is 4.00. The number of amides is 2. The van der Waals surface area contributed by atoms with E-state index in [4.69, 9.17) is 16.3 Å². The average molecular weight is 388 g/mol. The fourth-order valence-electron chi connectivity index (χ4n) is 2.14. The minimum atomic E-state index is -0.348. The summed E-state index contributed by atoms with van der Waals surface area (Å²) in [5.74, 6) is 0.116. The van der Waals surface area contributed by atoms with Gasteiger partial charge in [0.2, 0.25) is 11.8 Å². The van der Waals surface area contributed by atoms with Gasteiger partial charge in [0.1, 0.15) is 5.75 Å². The first-order valence-electron chi connectivity index (χ1n) is 8.67. The van der Waals surface area contributed by atoms with Gasteiger partial charge in [0, 0.05) is 12.8 Å². The number of ether oxygens (including phenoxy) is 1. The molecule has 2 aromatic carbocycles. The molecule has 0 aliphatic carbocycles. The molecule has 0 radical (unpaired) electrons. The Hall–Kier alpha value is -2.86. The zero-order chi connectivity index (χ0) is 19.5. The van der Waals surface area contributed by atoms with E-state index in [1.807, 2.05) is 31.2 Å². The number of benzene rings is 2. The standard InChI is InChI=1S/C20H22ClN3O3/c1-2-12-27-16-7-5-6-15(13-16)14-22-24-20(26)11-10-19(25)23-18-9-4-3-8-17(18)21/h3-9,13-14H,2,10-12H2,1H3,(H,23,25)(H,24,26). The molecule has 0 aliphatic rings. The first-order chi connectivity index (χ1) is 13.1. The lowest BCUT2D eigenvalue weighted by Crippen LogP contribution is -2.20. The molecule has 6 nitrogen and oxygen atoms in total. The van der Waals surface area contributed by atoms with Crippen LogP contribution in [-0.4, -0.2) is 24.6 Å². The van der Waals surface area contributed by atoms with Crippen LogP contribution >= 0.6 is 11.6 Å². The van der Waals surface area contributed by atoms with Crippen LogP contribution in [0.1, 0.15) is 31.7 Å². The molecule has 0 atom stereocenters. The Labute approximate surface area is 163 Å². The lowest BCUT2D eigenvalue weighted by molar-refractivity contribution is -0.124. The number of nitrogens with zero attached hydrogens (tertiary/aromatic N) is 1. The number of rotatable bonds is 9. The number of carbonyl (C=O) groups excluding carboxylic acids is 2. The summed E-state index contributed by atoms with van der Waals surface area (Å²) in [7, 11) is 0. The Morgan fingerprint density at radius 1 is 1.11 bits per heavy atom. The van der Waals surface area contributed by atoms with Crippen LogP contribution in [0.15, 0.2) is 53.6 Å². The van der Waals surface area contributed by atoms with E-state index >= 15 is 0 Å². The first-order valence-corrected chi connectivity index (χ1v) is 9.05. The van der Waals surface area contributed by atoms with Crippen molar-refractivity contribution in [3.8, 4) is 5.75 Å². The van der Waals surface area contributed by atoms with E-state index in [2.05, 4.69) is 15.8 Å². The van der Waals surface area contributed by atoms with Gasteiger partial charge in [-0.3, -0.25) is 9.59 Å². The van der Waals surface area contributed by atoms with Gasteiger partial charge in [0.15, 0.2) is 0 Å². The maximum atomic E-state index is 11.9. The van der Waals surface area contributed by atoms with Gasteiger partial charge >= 0.3 is 0 Å². The highest BCUT2D eigenvalue weighted by atomic mass is 35.5. The third-order valence-electron chi connectivity index (χ3n) is 3.46. The van der Waals surface area contributed by atoms with Gasteiger partial charge in [-0.15, -0.1) is 0 Å². The smallest absolute Gasteiger partial charge is 0.240 e. The summed E-state index contributed by atoms with van der Waals surface area (Å²) in [5.41, 5.74) is 3.73. The Bertz CT molecular complexity index is 809. The molecule has 0 spiro atoms. The summed E-state index contributed by atoms with van der Waals surface area (Å²) in [4.78, 5) is 23.7. The topological polar surface area (TPSA) is 79.8 Å². The molecule has 0 bridgehead atoms. The average Bonchev–Trinajstić information content (AvgIpc) is 2.67. The van der Waals surface area contributed by atoms with Crippen LogP contribution in [0.4, 0.5) is 5.69 Å². The highest BCUT2D eigenvalue weighted by Gasteiger charge is 2.08. The molecule has 0 aromatic heterocycles. The largest absolute Gasteiger partial charge is 0.494 e. The summed E-state index contributed by atoms with van der Waals surface area (Å²) < 4.78 is 5.54. The van der Waals surface area contributed by atoms with Crippen molar-refractivity contribution >= 4 is 35.3 Å². The molecule has 2 amide bonds. The third-order valence-corrected chi connectivity index (χ3v) is 3.79. The van der Waals surface area contributed by atoms with Crippen molar-refractivity contribution in [3.05, 3.63) is 59.1 Å². The molecule has 7 heteroatoms. The maximum Gasteiger partial charge on any atom is 0.240 e. The van der Waals surface area contributed by atoms with Gasteiger partial charge in [-0.25, -0.2) is 5.43 Å². The van der Waals surface area contributed by atoms with E-state index in [-0.39, 0.29) is 24.7 Å². The van der Waals surface area contributed by atoms with Gasteiger partial charge in [-0.2, -0.15) is 5.10 Å². The van der Waals surface area contributed by atoms with Crippen molar-refractivity contribution < 1.29 is 14.3 Å². The van der Waals surface area contributed by atoms with Crippen molar-refractivity contribution in [2.24, 2.45) is 5.10 Å². The maximum absolute atomic E-state index is 11.9. The quantitative estimate of drug-likeness (QED) is 0.504. The second kappa shape index (κ2) is 11.0. The van der Waals surface area contributed by atoms with E-state index in [9.17, 15) is 9.59 Å². The summed E-state index contributed by atoms with van der Waals surface area (Å²) in [6, 6.07) is 14.3. The Morgan fingerprint density at radius 2 is 1.89 bits per heavy atom. The van der Waals surface area contributed by atoms with E-state index < -0.39 is 0 Å². The summed E-state index contributed by atoms with van der Waals surface area (Å²) in [6.07, 6.45) is 2.51. The highest BCUT2D eigenvalue weighted by Crippen LogP contribution is 2.20. The van der Waals surface area contributed by atoms with Gasteiger partial charge in [-0.1, -0.05) is 42.8 Å². The zero-order valence-corrected chi connectivity index (χ0v) is 15.8. The minimum absolute atomic E-state index is 0.0211. The van der Waals surface area contributed by atoms with Gasteiger partial charge in [-0.05, 0) is 36.2 Å². The van der Waals surface area contributed by atoms with Crippen LogP contribution in [0.3, 0.4) is 0 Å². The highest BCUT2D eigenvalue weighted by molar-refractivity contribution is 6.33. The molecule has 0 heterocycles. The van der Waals surface area contributed by atoms with Crippen LogP contribution < -0.4 is 15.5 Å². The lowest BCUT2D eigenvalue weighted by atomic mass is 10.2. The van der Waals surface area contributed by atoms with Crippen LogP contribution in [0, 0.1) is 0 Å². The molecule has 0 saturated heterocycles. The van der Waals surface area contributed by atoms with E-state index in [1.54, 1.807) is 24.3 Å². The van der Waals surface area contributed by atoms with Crippen LogP contribution in [-0.2, 0) is 9.59 Å². The fourth-order valence-corrected chi connectivity index (χ4v) is 2.32. The van der Waals surface area contributed by atoms with Crippen molar-refractivity contribution in [3.63, 3.8) is 0 Å².